The minimum absolute atomic E-state index is 0.594. The number of aryl methyl sites for hydroxylation is 1. The second-order valence-corrected chi connectivity index (χ2v) is 3.65. The molecule has 0 saturated heterocycles. The van der Waals surface area contributed by atoms with Gasteiger partial charge in [-0.1, -0.05) is 6.42 Å². The molecule has 1 aromatic rings. The Balaban J connectivity index is 2.38. The van der Waals surface area contributed by atoms with Crippen molar-refractivity contribution in [2.24, 2.45) is 5.73 Å². The molecular weight excluding hydrogens is 204 g/mol. The van der Waals surface area contributed by atoms with Crippen LogP contribution in [0.5, 0.6) is 5.88 Å². The summed E-state index contributed by atoms with van der Waals surface area (Å²) in [7, 11) is 1.60. The van der Waals surface area contributed by atoms with Gasteiger partial charge in [-0.3, -0.25) is 0 Å². The van der Waals surface area contributed by atoms with Gasteiger partial charge >= 0.3 is 0 Å². The van der Waals surface area contributed by atoms with Crippen LogP contribution in [0.4, 0.5) is 5.95 Å². The van der Waals surface area contributed by atoms with Crippen molar-refractivity contribution in [2.75, 3.05) is 25.5 Å². The maximum Gasteiger partial charge on any atom is 0.226 e. The summed E-state index contributed by atoms with van der Waals surface area (Å²) in [5.41, 5.74) is 6.32. The molecule has 1 rings (SSSR count). The topological polar surface area (TPSA) is 73.1 Å². The molecule has 0 atom stereocenters. The number of hydrogen-bond donors (Lipinski definition) is 2. The molecule has 5 nitrogen and oxygen atoms in total. The minimum atomic E-state index is 0.594. The van der Waals surface area contributed by atoms with Crippen molar-refractivity contribution in [2.45, 2.75) is 26.2 Å². The number of nitrogens with two attached hydrogens (primary N) is 1. The van der Waals surface area contributed by atoms with E-state index in [2.05, 4.69) is 15.3 Å². The van der Waals surface area contributed by atoms with Crippen LogP contribution in [-0.2, 0) is 0 Å². The first-order chi connectivity index (χ1) is 7.76. The zero-order valence-electron chi connectivity index (χ0n) is 9.99. The van der Waals surface area contributed by atoms with Crippen molar-refractivity contribution < 1.29 is 4.74 Å². The lowest BCUT2D eigenvalue weighted by molar-refractivity contribution is 0.397. The Morgan fingerprint density at radius 2 is 2.12 bits per heavy atom. The number of hydrogen-bond acceptors (Lipinski definition) is 5. The fourth-order valence-corrected chi connectivity index (χ4v) is 1.37. The molecule has 0 spiro atoms. The van der Waals surface area contributed by atoms with Gasteiger partial charge in [0.1, 0.15) is 0 Å². The summed E-state index contributed by atoms with van der Waals surface area (Å²) in [4.78, 5) is 8.47. The number of methoxy groups -OCH3 is 1. The zero-order chi connectivity index (χ0) is 11.8. The van der Waals surface area contributed by atoms with Crippen molar-refractivity contribution in [3.05, 3.63) is 11.8 Å². The largest absolute Gasteiger partial charge is 0.481 e. The summed E-state index contributed by atoms with van der Waals surface area (Å²) in [5.74, 6) is 1.22. The number of rotatable bonds is 7. The molecule has 0 fully saturated rings. The van der Waals surface area contributed by atoms with Gasteiger partial charge in [-0.25, -0.2) is 4.98 Å². The Labute approximate surface area is 96.4 Å². The van der Waals surface area contributed by atoms with Gasteiger partial charge in [0, 0.05) is 18.3 Å². The van der Waals surface area contributed by atoms with Crippen LogP contribution in [0.3, 0.4) is 0 Å². The third-order valence-corrected chi connectivity index (χ3v) is 2.20. The molecule has 0 aliphatic heterocycles. The highest BCUT2D eigenvalue weighted by Crippen LogP contribution is 2.11. The van der Waals surface area contributed by atoms with Crippen molar-refractivity contribution in [3.8, 4) is 5.88 Å². The number of nitrogens with one attached hydrogen (secondary N) is 1. The first kappa shape index (κ1) is 12.7. The highest BCUT2D eigenvalue weighted by Gasteiger charge is 2.00. The van der Waals surface area contributed by atoms with E-state index >= 15 is 0 Å². The monoisotopic (exact) mass is 224 g/mol. The highest BCUT2D eigenvalue weighted by atomic mass is 16.5. The van der Waals surface area contributed by atoms with E-state index in [0.717, 1.165) is 38.0 Å². The van der Waals surface area contributed by atoms with Crippen LogP contribution in [0.1, 0.15) is 25.0 Å². The van der Waals surface area contributed by atoms with E-state index in [1.54, 1.807) is 13.2 Å². The zero-order valence-corrected chi connectivity index (χ0v) is 9.99. The van der Waals surface area contributed by atoms with E-state index in [1.807, 2.05) is 6.92 Å². The van der Waals surface area contributed by atoms with E-state index < -0.39 is 0 Å². The van der Waals surface area contributed by atoms with Crippen molar-refractivity contribution in [1.29, 1.82) is 0 Å². The number of aromatic nitrogens is 2. The number of nitrogens with zero attached hydrogens (tertiary/aromatic N) is 2. The molecule has 0 saturated carbocycles. The Kier molecular flexibility index (Phi) is 5.56. The fraction of sp³-hybridized carbons (Fsp3) is 0.636. The average Bonchev–Trinajstić information content (AvgIpc) is 2.28. The van der Waals surface area contributed by atoms with Crippen LogP contribution in [0.2, 0.25) is 0 Å². The molecule has 1 heterocycles. The summed E-state index contributed by atoms with van der Waals surface area (Å²) in [6.07, 6.45) is 3.28. The molecule has 0 aliphatic rings. The van der Waals surface area contributed by atoms with Gasteiger partial charge in [0.25, 0.3) is 0 Å². The number of ether oxygens (including phenoxy) is 1. The van der Waals surface area contributed by atoms with E-state index in [0.29, 0.717) is 11.8 Å². The minimum Gasteiger partial charge on any atom is -0.481 e. The van der Waals surface area contributed by atoms with E-state index in [-0.39, 0.29) is 0 Å². The van der Waals surface area contributed by atoms with Gasteiger partial charge < -0.3 is 15.8 Å². The van der Waals surface area contributed by atoms with Crippen LogP contribution in [0.25, 0.3) is 0 Å². The average molecular weight is 224 g/mol. The van der Waals surface area contributed by atoms with Crippen molar-refractivity contribution >= 4 is 5.95 Å². The smallest absolute Gasteiger partial charge is 0.226 e. The Morgan fingerprint density at radius 3 is 2.81 bits per heavy atom. The maximum absolute atomic E-state index is 5.42. The maximum atomic E-state index is 5.42. The molecule has 1 aromatic heterocycles. The molecular formula is C11H20N4O. The molecule has 90 valence electrons. The lowest BCUT2D eigenvalue weighted by Gasteiger charge is -2.07. The Bertz CT molecular complexity index is 317. The van der Waals surface area contributed by atoms with Crippen molar-refractivity contribution in [3.63, 3.8) is 0 Å². The summed E-state index contributed by atoms with van der Waals surface area (Å²) in [5, 5.41) is 3.18. The van der Waals surface area contributed by atoms with Crippen LogP contribution >= 0.6 is 0 Å². The fourth-order valence-electron chi connectivity index (χ4n) is 1.37. The van der Waals surface area contributed by atoms with Crippen LogP contribution in [0, 0.1) is 6.92 Å². The van der Waals surface area contributed by atoms with Gasteiger partial charge in [-0.05, 0) is 26.3 Å². The molecule has 0 bridgehead atoms. The summed E-state index contributed by atoms with van der Waals surface area (Å²) < 4.78 is 5.07. The van der Waals surface area contributed by atoms with Gasteiger partial charge in [-0.15, -0.1) is 0 Å². The molecule has 16 heavy (non-hydrogen) atoms. The van der Waals surface area contributed by atoms with Crippen LogP contribution < -0.4 is 15.8 Å². The molecule has 0 aromatic carbocycles. The first-order valence-corrected chi connectivity index (χ1v) is 5.60. The molecule has 3 N–H and O–H groups in total. The normalized spacial score (nSPS) is 10.2. The second kappa shape index (κ2) is 7.00. The lowest BCUT2D eigenvalue weighted by Crippen LogP contribution is -2.07. The lowest BCUT2D eigenvalue weighted by atomic mass is 10.2. The summed E-state index contributed by atoms with van der Waals surface area (Å²) in [6, 6.07) is 1.81. The molecule has 0 unspecified atom stereocenters. The van der Waals surface area contributed by atoms with E-state index in [1.165, 1.54) is 0 Å². The summed E-state index contributed by atoms with van der Waals surface area (Å²) >= 11 is 0. The first-order valence-electron chi connectivity index (χ1n) is 5.60. The van der Waals surface area contributed by atoms with Gasteiger partial charge in [0.15, 0.2) is 0 Å². The second-order valence-electron chi connectivity index (χ2n) is 3.65. The third kappa shape index (κ3) is 4.44. The predicted octanol–water partition coefficient (Wildman–Crippen LogP) is 1.33. The molecule has 5 heteroatoms. The van der Waals surface area contributed by atoms with Gasteiger partial charge in [0.2, 0.25) is 11.8 Å². The number of unbranched alkanes of at least 4 members (excludes halogenated alkanes) is 2. The SMILES string of the molecule is COc1cc(C)nc(NCCCCCN)n1. The quantitative estimate of drug-likeness (QED) is 0.684. The molecule has 0 amide bonds. The van der Waals surface area contributed by atoms with Gasteiger partial charge in [0.05, 0.1) is 7.11 Å². The number of anilines is 1. The Morgan fingerprint density at radius 1 is 1.31 bits per heavy atom. The standard InChI is InChI=1S/C11H20N4O/c1-9-8-10(16-2)15-11(14-9)13-7-5-3-4-6-12/h8H,3-7,12H2,1-2H3,(H,13,14,15). The van der Waals surface area contributed by atoms with E-state index in [4.69, 9.17) is 10.5 Å². The molecule has 0 aliphatic carbocycles. The molecule has 0 radical (unpaired) electrons. The summed E-state index contributed by atoms with van der Waals surface area (Å²) in [6.45, 7) is 3.55. The van der Waals surface area contributed by atoms with Crippen LogP contribution in [-0.4, -0.2) is 30.2 Å². The van der Waals surface area contributed by atoms with Crippen LogP contribution in [0.15, 0.2) is 6.07 Å². The van der Waals surface area contributed by atoms with Crippen molar-refractivity contribution in [1.82, 2.24) is 9.97 Å². The predicted molar refractivity (Wildman–Crippen MR) is 64.7 cm³/mol. The highest BCUT2D eigenvalue weighted by molar-refractivity contribution is 5.30. The third-order valence-electron chi connectivity index (χ3n) is 2.20. The Hall–Kier alpha value is -1.36. The van der Waals surface area contributed by atoms with Gasteiger partial charge in [-0.2, -0.15) is 4.98 Å². The van der Waals surface area contributed by atoms with E-state index in [9.17, 15) is 0 Å².